The molecule has 92 valence electrons. The third-order valence-corrected chi connectivity index (χ3v) is 3.11. The summed E-state index contributed by atoms with van der Waals surface area (Å²) in [6.07, 6.45) is 3.30. The Balaban J connectivity index is 2.16. The van der Waals surface area contributed by atoms with Gasteiger partial charge in [0, 0.05) is 25.3 Å². The van der Waals surface area contributed by atoms with Gasteiger partial charge in [0.2, 0.25) is 5.91 Å². The summed E-state index contributed by atoms with van der Waals surface area (Å²) < 4.78 is 0. The smallest absolute Gasteiger partial charge is 0.220 e. The van der Waals surface area contributed by atoms with Crippen LogP contribution in [-0.2, 0) is 9.59 Å². The average Bonchev–Trinajstić information content (AvgIpc) is 2.29. The topological polar surface area (TPSA) is 49.4 Å². The first-order chi connectivity index (χ1) is 7.61. The van der Waals surface area contributed by atoms with Crippen LogP contribution in [-0.4, -0.2) is 42.8 Å². The van der Waals surface area contributed by atoms with Crippen molar-refractivity contribution in [3.05, 3.63) is 0 Å². The molecule has 1 heterocycles. The van der Waals surface area contributed by atoms with Crippen molar-refractivity contribution in [2.75, 3.05) is 20.1 Å². The largest absolute Gasteiger partial charge is 0.353 e. The number of ketones is 1. The number of piperidine rings is 1. The Bertz CT molecular complexity index is 245. The minimum absolute atomic E-state index is 0.0244. The molecule has 1 fully saturated rings. The third kappa shape index (κ3) is 4.75. The predicted octanol–water partition coefficient (Wildman–Crippen LogP) is 0.956. The van der Waals surface area contributed by atoms with E-state index in [1.54, 1.807) is 0 Å². The number of carbonyl (C=O) groups excluding carboxylic acids is 2. The zero-order chi connectivity index (χ0) is 12.0. The molecule has 0 radical (unpaired) electrons. The summed E-state index contributed by atoms with van der Waals surface area (Å²) in [5, 5.41) is 3.00. The van der Waals surface area contributed by atoms with E-state index >= 15 is 0 Å². The second-order valence-electron chi connectivity index (χ2n) is 4.54. The van der Waals surface area contributed by atoms with Gasteiger partial charge in [0.25, 0.3) is 0 Å². The third-order valence-electron chi connectivity index (χ3n) is 3.11. The van der Waals surface area contributed by atoms with Gasteiger partial charge in [-0.15, -0.1) is 0 Å². The number of hydrogen-bond donors (Lipinski definition) is 1. The van der Waals surface area contributed by atoms with E-state index < -0.39 is 0 Å². The molecule has 0 unspecified atom stereocenters. The lowest BCUT2D eigenvalue weighted by Crippen LogP contribution is -2.43. The summed E-state index contributed by atoms with van der Waals surface area (Å²) in [5.74, 6) is 0.190. The van der Waals surface area contributed by atoms with Gasteiger partial charge in [-0.25, -0.2) is 0 Å². The minimum Gasteiger partial charge on any atom is -0.353 e. The van der Waals surface area contributed by atoms with Gasteiger partial charge in [-0.05, 0) is 33.0 Å². The first-order valence-electron chi connectivity index (χ1n) is 6.11. The van der Waals surface area contributed by atoms with Gasteiger partial charge in [0.1, 0.15) is 5.78 Å². The first-order valence-corrected chi connectivity index (χ1v) is 6.11. The molecule has 0 aliphatic carbocycles. The van der Waals surface area contributed by atoms with Gasteiger partial charge in [-0.3, -0.25) is 9.59 Å². The van der Waals surface area contributed by atoms with Crippen molar-refractivity contribution in [2.24, 2.45) is 0 Å². The van der Waals surface area contributed by atoms with Crippen LogP contribution < -0.4 is 5.32 Å². The van der Waals surface area contributed by atoms with Crippen molar-refractivity contribution in [3.8, 4) is 0 Å². The molecule has 1 amide bonds. The summed E-state index contributed by atoms with van der Waals surface area (Å²) in [4.78, 5) is 24.9. The van der Waals surface area contributed by atoms with E-state index in [0.29, 0.717) is 25.3 Å². The highest BCUT2D eigenvalue weighted by atomic mass is 16.2. The van der Waals surface area contributed by atoms with Crippen LogP contribution in [0.3, 0.4) is 0 Å². The fraction of sp³-hybridized carbons (Fsp3) is 0.833. The molecule has 1 aliphatic rings. The van der Waals surface area contributed by atoms with E-state index in [1.165, 1.54) is 0 Å². The van der Waals surface area contributed by atoms with Gasteiger partial charge in [-0.2, -0.15) is 0 Å². The number of amides is 1. The Labute approximate surface area is 97.4 Å². The molecule has 0 aromatic carbocycles. The van der Waals surface area contributed by atoms with Gasteiger partial charge in [0.15, 0.2) is 0 Å². The van der Waals surface area contributed by atoms with E-state index in [9.17, 15) is 9.59 Å². The van der Waals surface area contributed by atoms with Crippen molar-refractivity contribution in [3.63, 3.8) is 0 Å². The maximum Gasteiger partial charge on any atom is 0.220 e. The number of nitrogens with zero attached hydrogens (tertiary/aromatic N) is 1. The monoisotopic (exact) mass is 226 g/mol. The van der Waals surface area contributed by atoms with Crippen molar-refractivity contribution < 1.29 is 9.59 Å². The second kappa shape index (κ2) is 6.63. The molecule has 0 aromatic heterocycles. The maximum atomic E-state index is 11.5. The maximum absolute atomic E-state index is 11.5. The van der Waals surface area contributed by atoms with Gasteiger partial charge < -0.3 is 10.2 Å². The summed E-state index contributed by atoms with van der Waals surface area (Å²) in [6, 6.07) is 0.306. The fourth-order valence-corrected chi connectivity index (χ4v) is 1.88. The van der Waals surface area contributed by atoms with Crippen LogP contribution in [0.15, 0.2) is 0 Å². The van der Waals surface area contributed by atoms with Crippen LogP contribution in [0.2, 0.25) is 0 Å². The number of nitrogens with one attached hydrogen (secondary N) is 1. The van der Waals surface area contributed by atoms with E-state index in [-0.39, 0.29) is 11.7 Å². The van der Waals surface area contributed by atoms with Crippen LogP contribution in [0.25, 0.3) is 0 Å². The quantitative estimate of drug-likeness (QED) is 0.759. The van der Waals surface area contributed by atoms with Crippen molar-refractivity contribution in [1.29, 1.82) is 0 Å². The van der Waals surface area contributed by atoms with E-state index in [1.807, 2.05) is 6.92 Å². The number of rotatable bonds is 5. The Kier molecular flexibility index (Phi) is 5.46. The summed E-state index contributed by atoms with van der Waals surface area (Å²) in [6.45, 7) is 3.91. The molecule has 1 N–H and O–H groups in total. The van der Waals surface area contributed by atoms with Crippen LogP contribution in [0.5, 0.6) is 0 Å². The number of Topliss-reactive ketones (excluding diaryl/α,β-unsaturated/α-hetero) is 1. The molecule has 0 atom stereocenters. The Hall–Kier alpha value is -0.900. The second-order valence-corrected chi connectivity index (χ2v) is 4.54. The predicted molar refractivity (Wildman–Crippen MR) is 63.2 cm³/mol. The Morgan fingerprint density at radius 1 is 1.25 bits per heavy atom. The highest BCUT2D eigenvalue weighted by molar-refractivity contribution is 5.84. The normalized spacial score (nSPS) is 18.4. The number of carbonyl (C=O) groups is 2. The highest BCUT2D eigenvalue weighted by Gasteiger charge is 2.18. The molecule has 4 heteroatoms. The molecule has 0 spiro atoms. The standard InChI is InChI=1S/C12H22N2O2/c1-3-11(15)4-5-12(16)13-10-6-8-14(2)9-7-10/h10H,3-9H2,1-2H3,(H,13,16). The van der Waals surface area contributed by atoms with Crippen LogP contribution >= 0.6 is 0 Å². The van der Waals surface area contributed by atoms with E-state index in [2.05, 4.69) is 17.3 Å². The van der Waals surface area contributed by atoms with Crippen LogP contribution in [0.4, 0.5) is 0 Å². The lowest BCUT2D eigenvalue weighted by atomic mass is 10.1. The summed E-state index contributed by atoms with van der Waals surface area (Å²) in [7, 11) is 2.10. The Morgan fingerprint density at radius 2 is 1.88 bits per heavy atom. The Morgan fingerprint density at radius 3 is 2.44 bits per heavy atom. The minimum atomic E-state index is 0.0244. The molecule has 1 rings (SSSR count). The molecule has 0 aromatic rings. The van der Waals surface area contributed by atoms with E-state index in [0.717, 1.165) is 25.9 Å². The SMILES string of the molecule is CCC(=O)CCC(=O)NC1CCN(C)CC1. The van der Waals surface area contributed by atoms with Crippen molar-refractivity contribution in [2.45, 2.75) is 45.1 Å². The van der Waals surface area contributed by atoms with Gasteiger partial charge >= 0.3 is 0 Å². The van der Waals surface area contributed by atoms with Gasteiger partial charge in [-0.1, -0.05) is 6.92 Å². The number of likely N-dealkylation sites (tertiary alicyclic amines) is 1. The molecule has 1 aliphatic heterocycles. The molecule has 0 bridgehead atoms. The molecule has 4 nitrogen and oxygen atoms in total. The number of hydrogen-bond acceptors (Lipinski definition) is 3. The van der Waals surface area contributed by atoms with Crippen molar-refractivity contribution in [1.82, 2.24) is 10.2 Å². The lowest BCUT2D eigenvalue weighted by molar-refractivity contribution is -0.126. The zero-order valence-electron chi connectivity index (χ0n) is 10.3. The molecular weight excluding hydrogens is 204 g/mol. The molecule has 16 heavy (non-hydrogen) atoms. The summed E-state index contributed by atoms with van der Waals surface area (Å²) in [5.41, 5.74) is 0. The fourth-order valence-electron chi connectivity index (χ4n) is 1.88. The lowest BCUT2D eigenvalue weighted by Gasteiger charge is -2.29. The highest BCUT2D eigenvalue weighted by Crippen LogP contribution is 2.08. The van der Waals surface area contributed by atoms with Crippen LogP contribution in [0, 0.1) is 0 Å². The molecular formula is C12H22N2O2. The molecule has 0 saturated carbocycles. The van der Waals surface area contributed by atoms with Crippen LogP contribution in [0.1, 0.15) is 39.0 Å². The van der Waals surface area contributed by atoms with E-state index in [4.69, 9.17) is 0 Å². The molecule has 1 saturated heterocycles. The van der Waals surface area contributed by atoms with Crippen molar-refractivity contribution >= 4 is 11.7 Å². The average molecular weight is 226 g/mol. The first kappa shape index (κ1) is 13.2. The summed E-state index contributed by atoms with van der Waals surface area (Å²) >= 11 is 0. The van der Waals surface area contributed by atoms with Gasteiger partial charge in [0.05, 0.1) is 0 Å². The zero-order valence-corrected chi connectivity index (χ0v) is 10.3.